The number of carbonyl (C=O) groups is 3. The van der Waals surface area contributed by atoms with E-state index in [1.807, 2.05) is 0 Å². The maximum atomic E-state index is 11.1. The number of hydrogen-bond acceptors (Lipinski definition) is 7. The van der Waals surface area contributed by atoms with Gasteiger partial charge in [-0.25, -0.2) is 4.79 Å². The molecule has 0 spiro atoms. The number of hydrogen-bond donors (Lipinski definition) is 5. The van der Waals surface area contributed by atoms with E-state index in [2.05, 4.69) is 4.74 Å². The predicted molar refractivity (Wildman–Crippen MR) is 60.7 cm³/mol. The SMILES string of the molecule is O=C(O)CC(O)(CC(=O)OCC(O)CO)C(=O)O.[KH]. The van der Waals surface area contributed by atoms with Crippen molar-refractivity contribution in [1.82, 2.24) is 0 Å². The van der Waals surface area contributed by atoms with Gasteiger partial charge in [0.05, 0.1) is 19.4 Å². The Bertz CT molecular complexity index is 332. The Morgan fingerprint density at radius 2 is 1.68 bits per heavy atom. The molecule has 0 rings (SSSR count). The number of aliphatic hydroxyl groups is 3. The fourth-order valence-corrected chi connectivity index (χ4v) is 0.996. The third-order valence-corrected chi connectivity index (χ3v) is 1.93. The molecular weight excluding hydrogens is 291 g/mol. The van der Waals surface area contributed by atoms with E-state index in [1.54, 1.807) is 0 Å². The van der Waals surface area contributed by atoms with Crippen molar-refractivity contribution in [2.75, 3.05) is 13.2 Å². The van der Waals surface area contributed by atoms with E-state index in [1.165, 1.54) is 0 Å². The summed E-state index contributed by atoms with van der Waals surface area (Å²) < 4.78 is 4.36. The van der Waals surface area contributed by atoms with Gasteiger partial charge in [0.25, 0.3) is 0 Å². The first kappa shape index (κ1) is 21.2. The topological polar surface area (TPSA) is 162 Å². The zero-order valence-corrected chi connectivity index (χ0v) is 9.27. The summed E-state index contributed by atoms with van der Waals surface area (Å²) in [5.74, 6) is -4.67. The monoisotopic (exact) mass is 306 g/mol. The Kier molecular flexibility index (Phi) is 10.9. The zero-order chi connectivity index (χ0) is 14.3. The van der Waals surface area contributed by atoms with Gasteiger partial charge in [-0.05, 0) is 0 Å². The van der Waals surface area contributed by atoms with Gasteiger partial charge in [0.15, 0.2) is 5.60 Å². The molecule has 19 heavy (non-hydrogen) atoms. The van der Waals surface area contributed by atoms with E-state index in [0.29, 0.717) is 0 Å². The molecule has 0 aliphatic heterocycles. The van der Waals surface area contributed by atoms with Crippen LogP contribution in [0.5, 0.6) is 0 Å². The molecule has 0 aliphatic carbocycles. The number of carboxylic acids is 2. The molecular formula is C9H15KO9. The molecule has 0 aromatic heterocycles. The number of esters is 1. The third kappa shape index (κ3) is 8.65. The molecule has 0 saturated heterocycles. The molecule has 106 valence electrons. The van der Waals surface area contributed by atoms with Crippen molar-refractivity contribution >= 4 is 69.3 Å². The van der Waals surface area contributed by atoms with E-state index >= 15 is 0 Å². The molecule has 0 heterocycles. The van der Waals surface area contributed by atoms with Crippen LogP contribution in [0, 0.1) is 0 Å². The Morgan fingerprint density at radius 1 is 1.16 bits per heavy atom. The standard InChI is InChI=1S/C9H14O9.K.H/c10-3-5(11)4-18-7(14)2-9(17,8(15)16)1-6(12)13;;/h5,10-11,17H,1-4H2,(H,12,13)(H,15,16);;. The van der Waals surface area contributed by atoms with Crippen LogP contribution in [0.1, 0.15) is 12.8 Å². The number of ether oxygens (including phenoxy) is 1. The maximum absolute atomic E-state index is 11.1. The van der Waals surface area contributed by atoms with E-state index in [0.717, 1.165) is 0 Å². The molecule has 0 bridgehead atoms. The van der Waals surface area contributed by atoms with Crippen LogP contribution in [0.2, 0.25) is 0 Å². The van der Waals surface area contributed by atoms with Crippen molar-refractivity contribution < 1.29 is 44.7 Å². The summed E-state index contributed by atoms with van der Waals surface area (Å²) in [6, 6.07) is 0. The molecule has 0 radical (unpaired) electrons. The van der Waals surface area contributed by atoms with Crippen molar-refractivity contribution in [3.63, 3.8) is 0 Å². The molecule has 2 atom stereocenters. The summed E-state index contributed by atoms with van der Waals surface area (Å²) in [5.41, 5.74) is -2.77. The number of carboxylic acid groups (broad SMARTS) is 2. The van der Waals surface area contributed by atoms with Crippen LogP contribution in [0.3, 0.4) is 0 Å². The van der Waals surface area contributed by atoms with Gasteiger partial charge in [-0.2, -0.15) is 0 Å². The Balaban J connectivity index is 0. The molecule has 2 unspecified atom stereocenters. The fourth-order valence-electron chi connectivity index (χ4n) is 0.996. The molecule has 0 saturated carbocycles. The van der Waals surface area contributed by atoms with Crippen molar-refractivity contribution in [3.05, 3.63) is 0 Å². The van der Waals surface area contributed by atoms with Crippen LogP contribution in [0.15, 0.2) is 0 Å². The molecule has 0 aromatic carbocycles. The first-order valence-electron chi connectivity index (χ1n) is 4.83. The van der Waals surface area contributed by atoms with Crippen molar-refractivity contribution in [2.45, 2.75) is 24.5 Å². The number of aliphatic carboxylic acids is 2. The van der Waals surface area contributed by atoms with Crippen LogP contribution >= 0.6 is 0 Å². The molecule has 0 aliphatic rings. The number of aliphatic hydroxyl groups excluding tert-OH is 2. The minimum atomic E-state index is -2.77. The first-order chi connectivity index (χ1) is 8.21. The summed E-state index contributed by atoms with van der Waals surface area (Å²) in [6.45, 7) is -1.25. The summed E-state index contributed by atoms with van der Waals surface area (Å²) >= 11 is 0. The van der Waals surface area contributed by atoms with Crippen molar-refractivity contribution in [2.24, 2.45) is 0 Å². The molecule has 0 fully saturated rings. The summed E-state index contributed by atoms with van der Waals surface area (Å²) in [6.07, 6.45) is -3.57. The fraction of sp³-hybridized carbons (Fsp3) is 0.667. The Hall–Kier alpha value is -0.0736. The van der Waals surface area contributed by atoms with Crippen LogP contribution in [-0.2, 0) is 19.1 Å². The van der Waals surface area contributed by atoms with Gasteiger partial charge in [0.2, 0.25) is 0 Å². The first-order valence-corrected chi connectivity index (χ1v) is 4.83. The van der Waals surface area contributed by atoms with E-state index in [-0.39, 0.29) is 51.4 Å². The zero-order valence-electron chi connectivity index (χ0n) is 9.27. The van der Waals surface area contributed by atoms with E-state index < -0.39 is 55.7 Å². The van der Waals surface area contributed by atoms with Gasteiger partial charge in [-0.15, -0.1) is 0 Å². The number of rotatable bonds is 8. The molecule has 10 heteroatoms. The summed E-state index contributed by atoms with van der Waals surface area (Å²) in [5, 5.41) is 43.8. The van der Waals surface area contributed by atoms with Crippen LogP contribution in [-0.4, -0.2) is 120 Å². The van der Waals surface area contributed by atoms with Gasteiger partial charge >= 0.3 is 69.3 Å². The molecule has 9 nitrogen and oxygen atoms in total. The minimum absolute atomic E-state index is 0. The van der Waals surface area contributed by atoms with Gasteiger partial charge in [0, 0.05) is 0 Å². The third-order valence-electron chi connectivity index (χ3n) is 1.93. The Morgan fingerprint density at radius 3 is 2.05 bits per heavy atom. The normalized spacial score (nSPS) is 14.7. The van der Waals surface area contributed by atoms with Crippen LogP contribution < -0.4 is 0 Å². The van der Waals surface area contributed by atoms with E-state index in [4.69, 9.17) is 20.4 Å². The second-order valence-electron chi connectivity index (χ2n) is 3.60. The van der Waals surface area contributed by atoms with Crippen LogP contribution in [0.25, 0.3) is 0 Å². The molecule has 5 N–H and O–H groups in total. The average molecular weight is 306 g/mol. The quantitative estimate of drug-likeness (QED) is 0.231. The van der Waals surface area contributed by atoms with Gasteiger partial charge in [-0.3, -0.25) is 9.59 Å². The number of carbonyl (C=O) groups excluding carboxylic acids is 1. The predicted octanol–water partition coefficient (Wildman–Crippen LogP) is -3.09. The van der Waals surface area contributed by atoms with Gasteiger partial charge < -0.3 is 30.3 Å². The van der Waals surface area contributed by atoms with E-state index in [9.17, 15) is 19.5 Å². The second kappa shape index (κ2) is 9.77. The van der Waals surface area contributed by atoms with Crippen molar-refractivity contribution in [1.29, 1.82) is 0 Å². The molecule has 0 aromatic rings. The van der Waals surface area contributed by atoms with Gasteiger partial charge in [-0.1, -0.05) is 0 Å². The summed E-state index contributed by atoms with van der Waals surface area (Å²) in [7, 11) is 0. The Labute approximate surface area is 150 Å². The summed E-state index contributed by atoms with van der Waals surface area (Å²) in [4.78, 5) is 32.2. The van der Waals surface area contributed by atoms with Gasteiger partial charge in [0.1, 0.15) is 12.7 Å². The van der Waals surface area contributed by atoms with Crippen LogP contribution in [0.4, 0.5) is 0 Å². The average Bonchev–Trinajstić information content (AvgIpc) is 2.24. The van der Waals surface area contributed by atoms with Crippen molar-refractivity contribution in [3.8, 4) is 0 Å². The molecule has 0 amide bonds. The second-order valence-corrected chi connectivity index (χ2v) is 3.60.